The monoisotopic (exact) mass is 286 g/mol. The molecule has 0 aromatic heterocycles. The highest BCUT2D eigenvalue weighted by atomic mass is 32.2. The molecule has 0 spiro atoms. The second kappa shape index (κ2) is 5.24. The summed E-state index contributed by atoms with van der Waals surface area (Å²) < 4.78 is 25.6. The van der Waals surface area contributed by atoms with Gasteiger partial charge in [0.1, 0.15) is 0 Å². The van der Waals surface area contributed by atoms with E-state index in [2.05, 4.69) is 4.72 Å². The third kappa shape index (κ3) is 3.96. The van der Waals surface area contributed by atoms with Crippen LogP contribution in [0.1, 0.15) is 26.3 Å². The van der Waals surface area contributed by atoms with Crippen molar-refractivity contribution in [2.45, 2.75) is 31.9 Å². The Bertz CT molecular complexity index is 528. The molecule has 0 unspecified atom stereocenters. The maximum atomic E-state index is 11.9. The fourth-order valence-corrected chi connectivity index (χ4v) is 2.12. The molecule has 18 heavy (non-hydrogen) atoms. The van der Waals surface area contributed by atoms with Gasteiger partial charge in [-0.15, -0.1) is 0 Å². The van der Waals surface area contributed by atoms with Crippen molar-refractivity contribution < 1.29 is 8.42 Å². The van der Waals surface area contributed by atoms with Crippen molar-refractivity contribution in [3.8, 4) is 0 Å². The van der Waals surface area contributed by atoms with E-state index in [1.54, 1.807) is 45.0 Å². The molecule has 1 rings (SSSR count). The molecule has 0 radical (unpaired) electrons. The van der Waals surface area contributed by atoms with Crippen LogP contribution in [-0.2, 0) is 16.4 Å². The number of sulfonamides is 1. The fraction of sp³-hybridized carbons (Fsp3) is 0.417. The van der Waals surface area contributed by atoms with E-state index in [4.69, 9.17) is 18.0 Å². The number of anilines is 1. The second-order valence-electron chi connectivity index (χ2n) is 5.06. The minimum absolute atomic E-state index is 0.415. The maximum absolute atomic E-state index is 11.9. The van der Waals surface area contributed by atoms with Gasteiger partial charge >= 0.3 is 0 Å². The summed E-state index contributed by atoms with van der Waals surface area (Å²) in [6.45, 7) is 4.95. The van der Waals surface area contributed by atoms with Crippen LogP contribution >= 0.6 is 12.2 Å². The summed E-state index contributed by atoms with van der Waals surface area (Å²) in [5.41, 5.74) is 6.94. The van der Waals surface area contributed by atoms with Crippen LogP contribution in [0.2, 0.25) is 0 Å². The van der Waals surface area contributed by atoms with Crippen molar-refractivity contribution in [1.29, 1.82) is 0 Å². The molecule has 0 aliphatic heterocycles. The smallest absolute Gasteiger partial charge is 0.237 e. The third-order valence-corrected chi connectivity index (χ3v) is 4.65. The van der Waals surface area contributed by atoms with E-state index >= 15 is 0 Å². The Hall–Kier alpha value is -1.14. The van der Waals surface area contributed by atoms with Crippen molar-refractivity contribution >= 4 is 32.9 Å². The summed E-state index contributed by atoms with van der Waals surface area (Å²) in [7, 11) is -3.39. The van der Waals surface area contributed by atoms with Gasteiger partial charge < -0.3 is 5.73 Å². The molecule has 0 fully saturated rings. The van der Waals surface area contributed by atoms with Gasteiger partial charge in [0.15, 0.2) is 0 Å². The molecule has 0 aliphatic rings. The molecule has 0 saturated carbocycles. The fourth-order valence-electron chi connectivity index (χ4n) is 1.20. The topological polar surface area (TPSA) is 72.2 Å². The molecule has 100 valence electrons. The Morgan fingerprint density at radius 3 is 2.17 bits per heavy atom. The average molecular weight is 286 g/mol. The molecule has 0 aliphatic carbocycles. The highest BCUT2D eigenvalue weighted by Gasteiger charge is 2.28. The number of benzene rings is 1. The normalized spacial score (nSPS) is 12.2. The first-order valence-electron chi connectivity index (χ1n) is 5.51. The van der Waals surface area contributed by atoms with Gasteiger partial charge in [-0.25, -0.2) is 8.42 Å². The van der Waals surface area contributed by atoms with E-state index in [1.165, 1.54) is 0 Å². The van der Waals surface area contributed by atoms with Crippen LogP contribution in [0.4, 0.5) is 5.69 Å². The van der Waals surface area contributed by atoms with Crippen molar-refractivity contribution in [3.05, 3.63) is 29.8 Å². The molecular formula is C12H18N2O2S2. The summed E-state index contributed by atoms with van der Waals surface area (Å²) in [6, 6.07) is 7.02. The quantitative estimate of drug-likeness (QED) is 0.831. The molecular weight excluding hydrogens is 268 g/mol. The molecule has 1 aromatic rings. The lowest BCUT2D eigenvalue weighted by Gasteiger charge is -2.20. The Balaban J connectivity index is 2.85. The number of hydrogen-bond acceptors (Lipinski definition) is 3. The second-order valence-corrected chi connectivity index (χ2v) is 8.02. The highest BCUT2D eigenvalue weighted by molar-refractivity contribution is 7.94. The summed E-state index contributed by atoms with van der Waals surface area (Å²) in [5, 5.41) is 0. The van der Waals surface area contributed by atoms with E-state index in [-0.39, 0.29) is 0 Å². The molecule has 1 aromatic carbocycles. The first kappa shape index (κ1) is 14.9. The van der Waals surface area contributed by atoms with Gasteiger partial charge in [-0.2, -0.15) is 0 Å². The van der Waals surface area contributed by atoms with Gasteiger partial charge in [0.2, 0.25) is 10.0 Å². The molecule has 3 N–H and O–H groups in total. The molecule has 0 atom stereocenters. The largest absolute Gasteiger partial charge is 0.393 e. The number of nitrogens with two attached hydrogens (primary N) is 1. The average Bonchev–Trinajstić information content (AvgIpc) is 2.18. The minimum Gasteiger partial charge on any atom is -0.393 e. The predicted octanol–water partition coefficient (Wildman–Crippen LogP) is 2.06. The number of nitrogens with one attached hydrogen (secondary N) is 1. The number of thiocarbonyl (C=S) groups is 1. The van der Waals surface area contributed by atoms with E-state index < -0.39 is 14.8 Å². The summed E-state index contributed by atoms with van der Waals surface area (Å²) in [4.78, 5) is 0.415. The van der Waals surface area contributed by atoms with Crippen LogP contribution in [0, 0.1) is 0 Å². The Morgan fingerprint density at radius 2 is 1.78 bits per heavy atom. The SMILES string of the molecule is CC(C)(C)S(=O)(=O)Nc1ccc(CC(N)=S)cc1. The van der Waals surface area contributed by atoms with E-state index in [0.29, 0.717) is 17.1 Å². The third-order valence-electron chi connectivity index (χ3n) is 2.39. The van der Waals surface area contributed by atoms with E-state index in [9.17, 15) is 8.42 Å². The Morgan fingerprint density at radius 1 is 1.28 bits per heavy atom. The van der Waals surface area contributed by atoms with Crippen LogP contribution in [0.25, 0.3) is 0 Å². The van der Waals surface area contributed by atoms with Gasteiger partial charge in [-0.05, 0) is 38.5 Å². The summed E-state index contributed by atoms with van der Waals surface area (Å²) >= 11 is 4.81. The first-order valence-corrected chi connectivity index (χ1v) is 7.40. The van der Waals surface area contributed by atoms with E-state index in [1.807, 2.05) is 0 Å². The van der Waals surface area contributed by atoms with Crippen molar-refractivity contribution in [3.63, 3.8) is 0 Å². The van der Waals surface area contributed by atoms with E-state index in [0.717, 1.165) is 5.56 Å². The first-order chi connectivity index (χ1) is 8.12. The highest BCUT2D eigenvalue weighted by Crippen LogP contribution is 2.19. The maximum Gasteiger partial charge on any atom is 0.237 e. The Labute approximate surface area is 114 Å². The van der Waals surface area contributed by atoms with Crippen LogP contribution < -0.4 is 10.5 Å². The van der Waals surface area contributed by atoms with Crippen molar-refractivity contribution in [2.75, 3.05) is 4.72 Å². The zero-order valence-electron chi connectivity index (χ0n) is 10.7. The zero-order valence-corrected chi connectivity index (χ0v) is 12.4. The molecule has 0 amide bonds. The van der Waals surface area contributed by atoms with Gasteiger partial charge in [-0.1, -0.05) is 24.4 Å². The molecule has 4 nitrogen and oxygen atoms in total. The van der Waals surface area contributed by atoms with Crippen molar-refractivity contribution in [2.24, 2.45) is 5.73 Å². The summed E-state index contributed by atoms with van der Waals surface area (Å²) in [5.74, 6) is 0. The number of hydrogen-bond donors (Lipinski definition) is 2. The molecule has 0 bridgehead atoms. The predicted molar refractivity (Wildman–Crippen MR) is 79.2 cm³/mol. The lowest BCUT2D eigenvalue weighted by Crippen LogP contribution is -2.33. The van der Waals surface area contributed by atoms with Crippen molar-refractivity contribution in [1.82, 2.24) is 0 Å². The van der Waals surface area contributed by atoms with Gasteiger partial charge in [0.05, 0.1) is 9.74 Å². The van der Waals surface area contributed by atoms with Gasteiger partial charge in [0.25, 0.3) is 0 Å². The van der Waals surface area contributed by atoms with Gasteiger partial charge in [-0.3, -0.25) is 4.72 Å². The minimum atomic E-state index is -3.39. The summed E-state index contributed by atoms with van der Waals surface area (Å²) in [6.07, 6.45) is 0.516. The van der Waals surface area contributed by atoms with Crippen LogP contribution in [-0.4, -0.2) is 18.2 Å². The lowest BCUT2D eigenvalue weighted by molar-refractivity contribution is 0.566. The molecule has 6 heteroatoms. The van der Waals surface area contributed by atoms with Crippen LogP contribution in [0.15, 0.2) is 24.3 Å². The molecule has 0 heterocycles. The lowest BCUT2D eigenvalue weighted by atomic mass is 10.1. The molecule has 0 saturated heterocycles. The zero-order chi connectivity index (χ0) is 14.0. The number of rotatable bonds is 4. The van der Waals surface area contributed by atoms with Gasteiger partial charge in [0, 0.05) is 12.1 Å². The van der Waals surface area contributed by atoms with Crippen LogP contribution in [0.3, 0.4) is 0 Å². The van der Waals surface area contributed by atoms with Crippen LogP contribution in [0.5, 0.6) is 0 Å². The Kier molecular flexibility index (Phi) is 4.34. The standard InChI is InChI=1S/C12H18N2O2S2/c1-12(2,3)18(15,16)14-10-6-4-9(5-7-10)8-11(13)17/h4-7,14H,8H2,1-3H3,(H2,13,17).